The van der Waals surface area contributed by atoms with Crippen LogP contribution in [-0.2, 0) is 4.79 Å². The van der Waals surface area contributed by atoms with Crippen LogP contribution in [0, 0.1) is 9.49 Å². The molecule has 0 unspecified atom stereocenters. The summed E-state index contributed by atoms with van der Waals surface area (Å²) in [6.45, 7) is 4.86. The van der Waals surface area contributed by atoms with Gasteiger partial charge in [-0.15, -0.1) is 0 Å². The SMILES string of the molecule is CC(C)CNC(=O)C=Cc1cccc(I)c1. The summed E-state index contributed by atoms with van der Waals surface area (Å²) in [5, 5.41) is 2.84. The Balaban J connectivity index is 2.50. The third kappa shape index (κ3) is 5.30. The Kier molecular flexibility index (Phi) is 5.52. The van der Waals surface area contributed by atoms with E-state index in [1.165, 1.54) is 3.57 Å². The first-order valence-electron chi connectivity index (χ1n) is 5.29. The summed E-state index contributed by atoms with van der Waals surface area (Å²) in [6.07, 6.45) is 3.41. The Morgan fingerprint density at radius 3 is 2.88 bits per heavy atom. The number of benzene rings is 1. The minimum absolute atomic E-state index is 0.0347. The van der Waals surface area contributed by atoms with Gasteiger partial charge in [-0.3, -0.25) is 4.79 Å². The molecule has 0 atom stereocenters. The number of halogens is 1. The number of nitrogens with one attached hydrogen (secondary N) is 1. The highest BCUT2D eigenvalue weighted by molar-refractivity contribution is 14.1. The fraction of sp³-hybridized carbons (Fsp3) is 0.308. The maximum absolute atomic E-state index is 11.4. The molecule has 0 radical (unpaired) electrons. The number of hydrogen-bond donors (Lipinski definition) is 1. The quantitative estimate of drug-likeness (QED) is 0.668. The van der Waals surface area contributed by atoms with E-state index in [1.54, 1.807) is 6.08 Å². The first-order chi connectivity index (χ1) is 7.58. The number of carbonyl (C=O) groups excluding carboxylic acids is 1. The van der Waals surface area contributed by atoms with Gasteiger partial charge in [-0.25, -0.2) is 0 Å². The van der Waals surface area contributed by atoms with Crippen LogP contribution in [0.2, 0.25) is 0 Å². The molecule has 0 aromatic heterocycles. The molecule has 16 heavy (non-hydrogen) atoms. The summed E-state index contributed by atoms with van der Waals surface area (Å²) in [5.41, 5.74) is 1.05. The van der Waals surface area contributed by atoms with Crippen molar-refractivity contribution in [1.82, 2.24) is 5.32 Å². The molecule has 0 saturated carbocycles. The molecule has 0 aliphatic carbocycles. The molecule has 1 amide bonds. The molecular weight excluding hydrogens is 313 g/mol. The lowest BCUT2D eigenvalue weighted by Gasteiger charge is -2.04. The predicted molar refractivity (Wildman–Crippen MR) is 76.0 cm³/mol. The van der Waals surface area contributed by atoms with E-state index in [2.05, 4.69) is 41.8 Å². The van der Waals surface area contributed by atoms with Crippen molar-refractivity contribution in [1.29, 1.82) is 0 Å². The third-order valence-corrected chi connectivity index (χ3v) is 2.63. The summed E-state index contributed by atoms with van der Waals surface area (Å²) in [5.74, 6) is 0.447. The molecule has 0 heterocycles. The average molecular weight is 329 g/mol. The maximum atomic E-state index is 11.4. The first-order valence-corrected chi connectivity index (χ1v) is 6.37. The van der Waals surface area contributed by atoms with Crippen LogP contribution in [-0.4, -0.2) is 12.5 Å². The largest absolute Gasteiger partial charge is 0.352 e. The van der Waals surface area contributed by atoms with E-state index in [4.69, 9.17) is 0 Å². The van der Waals surface area contributed by atoms with Crippen LogP contribution >= 0.6 is 22.6 Å². The van der Waals surface area contributed by atoms with E-state index in [0.29, 0.717) is 5.92 Å². The number of carbonyl (C=O) groups is 1. The van der Waals surface area contributed by atoms with E-state index in [9.17, 15) is 4.79 Å². The number of rotatable bonds is 4. The second-order valence-electron chi connectivity index (χ2n) is 4.03. The molecule has 0 aliphatic heterocycles. The molecule has 0 saturated heterocycles. The summed E-state index contributed by atoms with van der Waals surface area (Å²) >= 11 is 2.25. The van der Waals surface area contributed by atoms with Crippen LogP contribution < -0.4 is 5.32 Å². The van der Waals surface area contributed by atoms with Crippen molar-refractivity contribution >= 4 is 34.6 Å². The molecule has 0 fully saturated rings. The zero-order valence-electron chi connectivity index (χ0n) is 9.53. The lowest BCUT2D eigenvalue weighted by atomic mass is 10.2. The van der Waals surface area contributed by atoms with Gasteiger partial charge in [-0.1, -0.05) is 26.0 Å². The van der Waals surface area contributed by atoms with Gasteiger partial charge in [0.2, 0.25) is 5.91 Å². The molecular formula is C13H16INO. The van der Waals surface area contributed by atoms with Gasteiger partial charge in [0.1, 0.15) is 0 Å². The Labute approximate surface area is 110 Å². The monoisotopic (exact) mass is 329 g/mol. The highest BCUT2D eigenvalue weighted by Crippen LogP contribution is 2.08. The lowest BCUT2D eigenvalue weighted by molar-refractivity contribution is -0.116. The first kappa shape index (κ1) is 13.2. The average Bonchev–Trinajstić information content (AvgIpc) is 2.23. The Bertz CT molecular complexity index is 385. The number of amides is 1. The van der Waals surface area contributed by atoms with Crippen LogP contribution in [0.15, 0.2) is 30.3 Å². The Morgan fingerprint density at radius 2 is 2.25 bits per heavy atom. The zero-order valence-corrected chi connectivity index (χ0v) is 11.7. The van der Waals surface area contributed by atoms with Crippen molar-refractivity contribution in [2.24, 2.45) is 5.92 Å². The molecule has 0 bridgehead atoms. The third-order valence-electron chi connectivity index (χ3n) is 1.96. The van der Waals surface area contributed by atoms with Gasteiger partial charge in [0.15, 0.2) is 0 Å². The molecule has 1 aromatic rings. The Hall–Kier alpha value is -0.840. The van der Waals surface area contributed by atoms with Crippen molar-refractivity contribution in [3.05, 3.63) is 39.5 Å². The number of hydrogen-bond acceptors (Lipinski definition) is 1. The standard InChI is InChI=1S/C13H16INO/c1-10(2)9-15-13(16)7-6-11-4-3-5-12(14)8-11/h3-8,10H,9H2,1-2H3,(H,15,16). The minimum atomic E-state index is -0.0347. The minimum Gasteiger partial charge on any atom is -0.352 e. The second kappa shape index (κ2) is 6.68. The summed E-state index contributed by atoms with van der Waals surface area (Å²) in [6, 6.07) is 8.02. The zero-order chi connectivity index (χ0) is 12.0. The van der Waals surface area contributed by atoms with Crippen LogP contribution in [0.25, 0.3) is 6.08 Å². The smallest absolute Gasteiger partial charge is 0.244 e. The lowest BCUT2D eigenvalue weighted by Crippen LogP contribution is -2.25. The van der Waals surface area contributed by atoms with E-state index in [0.717, 1.165) is 12.1 Å². The van der Waals surface area contributed by atoms with Crippen molar-refractivity contribution < 1.29 is 4.79 Å². The molecule has 3 heteroatoms. The molecule has 1 N–H and O–H groups in total. The maximum Gasteiger partial charge on any atom is 0.244 e. The summed E-state index contributed by atoms with van der Waals surface area (Å²) < 4.78 is 1.17. The topological polar surface area (TPSA) is 29.1 Å². The highest BCUT2D eigenvalue weighted by atomic mass is 127. The molecule has 1 aromatic carbocycles. The van der Waals surface area contributed by atoms with Crippen molar-refractivity contribution in [2.45, 2.75) is 13.8 Å². The Morgan fingerprint density at radius 1 is 1.50 bits per heavy atom. The highest BCUT2D eigenvalue weighted by Gasteiger charge is 1.97. The molecule has 0 spiro atoms. The van der Waals surface area contributed by atoms with Crippen LogP contribution in [0.5, 0.6) is 0 Å². The van der Waals surface area contributed by atoms with Gasteiger partial charge in [-0.2, -0.15) is 0 Å². The van der Waals surface area contributed by atoms with Crippen molar-refractivity contribution in [2.75, 3.05) is 6.54 Å². The molecule has 86 valence electrons. The van der Waals surface area contributed by atoms with Gasteiger partial charge < -0.3 is 5.32 Å². The van der Waals surface area contributed by atoms with Gasteiger partial charge >= 0.3 is 0 Å². The van der Waals surface area contributed by atoms with Crippen LogP contribution in [0.3, 0.4) is 0 Å². The van der Waals surface area contributed by atoms with Crippen LogP contribution in [0.4, 0.5) is 0 Å². The molecule has 0 aliphatic rings. The summed E-state index contributed by atoms with van der Waals surface area (Å²) in [7, 11) is 0. The normalized spacial score (nSPS) is 11.0. The second-order valence-corrected chi connectivity index (χ2v) is 5.27. The van der Waals surface area contributed by atoms with Gasteiger partial charge in [0.05, 0.1) is 0 Å². The van der Waals surface area contributed by atoms with E-state index in [-0.39, 0.29) is 5.91 Å². The van der Waals surface area contributed by atoms with Gasteiger partial charge in [0.25, 0.3) is 0 Å². The van der Waals surface area contributed by atoms with Crippen molar-refractivity contribution in [3.63, 3.8) is 0 Å². The van der Waals surface area contributed by atoms with Gasteiger partial charge in [0, 0.05) is 16.2 Å². The fourth-order valence-corrected chi connectivity index (χ4v) is 1.71. The van der Waals surface area contributed by atoms with E-state index < -0.39 is 0 Å². The fourth-order valence-electron chi connectivity index (χ4n) is 1.15. The van der Waals surface area contributed by atoms with Crippen molar-refractivity contribution in [3.8, 4) is 0 Å². The molecule has 1 rings (SSSR count). The summed E-state index contributed by atoms with van der Waals surface area (Å²) in [4.78, 5) is 11.4. The van der Waals surface area contributed by atoms with E-state index >= 15 is 0 Å². The predicted octanol–water partition coefficient (Wildman–Crippen LogP) is 3.08. The molecule has 2 nitrogen and oxygen atoms in total. The van der Waals surface area contributed by atoms with Gasteiger partial charge in [-0.05, 0) is 52.3 Å². The van der Waals surface area contributed by atoms with E-state index in [1.807, 2.05) is 30.3 Å². The van der Waals surface area contributed by atoms with Crippen LogP contribution in [0.1, 0.15) is 19.4 Å².